The minimum Gasteiger partial charge on any atom is -0.356 e. The van der Waals surface area contributed by atoms with E-state index in [-0.39, 0.29) is 29.6 Å². The molecular weight excluding hydrogens is 278 g/mol. The van der Waals surface area contributed by atoms with Crippen molar-refractivity contribution >= 4 is 24.2 Å². The van der Waals surface area contributed by atoms with E-state index in [0.717, 1.165) is 19.5 Å². The molecule has 118 valence electrons. The molecule has 1 unspecified atom stereocenters. The first-order valence-corrected chi connectivity index (χ1v) is 7.11. The van der Waals surface area contributed by atoms with Crippen molar-refractivity contribution < 1.29 is 9.59 Å². The van der Waals surface area contributed by atoms with Gasteiger partial charge in [0, 0.05) is 32.5 Å². The Bertz CT molecular complexity index is 336. The van der Waals surface area contributed by atoms with Gasteiger partial charge in [-0.25, -0.2) is 0 Å². The summed E-state index contributed by atoms with van der Waals surface area (Å²) in [4.78, 5) is 25.3. The Morgan fingerprint density at radius 2 is 2.05 bits per heavy atom. The van der Waals surface area contributed by atoms with Gasteiger partial charge >= 0.3 is 0 Å². The van der Waals surface area contributed by atoms with E-state index >= 15 is 0 Å². The molecule has 1 aliphatic heterocycles. The molecule has 1 aliphatic rings. The SMILES string of the molecule is CC(C)CC(=O)NCCC(=O)N1CCC(C)(CN)C1.Cl. The molecule has 3 N–H and O–H groups in total. The highest BCUT2D eigenvalue weighted by Gasteiger charge is 2.34. The number of carbonyl (C=O) groups is 2. The number of carbonyl (C=O) groups excluding carboxylic acids is 2. The molecule has 5 nitrogen and oxygen atoms in total. The van der Waals surface area contributed by atoms with Crippen LogP contribution in [0, 0.1) is 11.3 Å². The maximum Gasteiger partial charge on any atom is 0.224 e. The Labute approximate surface area is 128 Å². The van der Waals surface area contributed by atoms with Gasteiger partial charge in [-0.1, -0.05) is 20.8 Å². The molecule has 0 radical (unpaired) electrons. The summed E-state index contributed by atoms with van der Waals surface area (Å²) in [6.07, 6.45) is 1.86. The van der Waals surface area contributed by atoms with Crippen molar-refractivity contribution in [1.82, 2.24) is 10.2 Å². The van der Waals surface area contributed by atoms with Crippen molar-refractivity contribution in [3.05, 3.63) is 0 Å². The van der Waals surface area contributed by atoms with Crippen LogP contribution >= 0.6 is 12.4 Å². The van der Waals surface area contributed by atoms with E-state index in [4.69, 9.17) is 5.73 Å². The van der Waals surface area contributed by atoms with Gasteiger partial charge < -0.3 is 16.0 Å². The average molecular weight is 306 g/mol. The first kappa shape index (κ1) is 19.2. The van der Waals surface area contributed by atoms with Gasteiger partial charge in [0.2, 0.25) is 11.8 Å². The topological polar surface area (TPSA) is 75.4 Å². The number of hydrogen-bond acceptors (Lipinski definition) is 3. The molecule has 2 amide bonds. The highest BCUT2D eigenvalue weighted by atomic mass is 35.5. The van der Waals surface area contributed by atoms with Gasteiger partial charge in [0.1, 0.15) is 0 Å². The lowest BCUT2D eigenvalue weighted by molar-refractivity contribution is -0.130. The Morgan fingerprint density at radius 1 is 1.40 bits per heavy atom. The van der Waals surface area contributed by atoms with Crippen molar-refractivity contribution in [2.24, 2.45) is 17.1 Å². The number of nitrogens with one attached hydrogen (secondary N) is 1. The fourth-order valence-electron chi connectivity index (χ4n) is 2.31. The predicted octanol–water partition coefficient (Wildman–Crippen LogP) is 1.16. The van der Waals surface area contributed by atoms with Crippen molar-refractivity contribution in [2.75, 3.05) is 26.2 Å². The molecule has 0 saturated carbocycles. The third kappa shape index (κ3) is 6.09. The molecule has 20 heavy (non-hydrogen) atoms. The molecule has 0 aromatic rings. The monoisotopic (exact) mass is 305 g/mol. The fourth-order valence-corrected chi connectivity index (χ4v) is 2.31. The van der Waals surface area contributed by atoms with Gasteiger partial charge in [0.25, 0.3) is 0 Å². The van der Waals surface area contributed by atoms with Crippen molar-refractivity contribution in [3.8, 4) is 0 Å². The molecule has 0 aromatic carbocycles. The highest BCUT2D eigenvalue weighted by molar-refractivity contribution is 5.85. The molecule has 1 rings (SSSR count). The summed E-state index contributed by atoms with van der Waals surface area (Å²) in [6.45, 7) is 8.69. The molecular formula is C14H28ClN3O2. The number of nitrogens with two attached hydrogens (primary N) is 1. The fraction of sp³-hybridized carbons (Fsp3) is 0.857. The summed E-state index contributed by atoms with van der Waals surface area (Å²) in [5, 5.41) is 2.79. The van der Waals surface area contributed by atoms with Gasteiger partial charge in [-0.15, -0.1) is 12.4 Å². The molecule has 0 aromatic heterocycles. The minimum atomic E-state index is 0. The summed E-state index contributed by atoms with van der Waals surface area (Å²) < 4.78 is 0. The molecule has 1 saturated heterocycles. The number of halogens is 1. The number of hydrogen-bond donors (Lipinski definition) is 2. The van der Waals surface area contributed by atoms with Gasteiger partial charge in [0.05, 0.1) is 0 Å². The zero-order valence-corrected chi connectivity index (χ0v) is 13.6. The van der Waals surface area contributed by atoms with Crippen LogP contribution in [0.4, 0.5) is 0 Å². The van der Waals surface area contributed by atoms with E-state index in [9.17, 15) is 9.59 Å². The van der Waals surface area contributed by atoms with Crippen LogP contribution < -0.4 is 11.1 Å². The Morgan fingerprint density at radius 3 is 2.55 bits per heavy atom. The summed E-state index contributed by atoms with van der Waals surface area (Å²) in [5.74, 6) is 0.484. The molecule has 1 heterocycles. The van der Waals surface area contributed by atoms with E-state index in [0.29, 0.717) is 31.8 Å². The molecule has 0 spiro atoms. The third-order valence-electron chi connectivity index (χ3n) is 3.66. The van der Waals surface area contributed by atoms with E-state index < -0.39 is 0 Å². The van der Waals surface area contributed by atoms with Gasteiger partial charge in [-0.3, -0.25) is 9.59 Å². The smallest absolute Gasteiger partial charge is 0.224 e. The second kappa shape index (κ2) is 8.47. The van der Waals surface area contributed by atoms with Crippen LogP contribution in [-0.2, 0) is 9.59 Å². The standard InChI is InChI=1S/C14H27N3O2.ClH/c1-11(2)8-12(18)16-6-4-13(19)17-7-5-14(3,9-15)10-17;/h11H,4-10,15H2,1-3H3,(H,16,18);1H. The molecule has 6 heteroatoms. The van der Waals surface area contributed by atoms with E-state index in [1.165, 1.54) is 0 Å². The zero-order chi connectivity index (χ0) is 14.5. The molecule has 0 aliphatic carbocycles. The molecule has 1 atom stereocenters. The predicted molar refractivity (Wildman–Crippen MR) is 82.7 cm³/mol. The quantitative estimate of drug-likeness (QED) is 0.773. The van der Waals surface area contributed by atoms with Crippen LogP contribution in [0.2, 0.25) is 0 Å². The second-order valence-corrected chi connectivity index (χ2v) is 6.28. The average Bonchev–Trinajstić information content (AvgIpc) is 2.72. The minimum absolute atomic E-state index is 0. The highest BCUT2D eigenvalue weighted by Crippen LogP contribution is 2.28. The van der Waals surface area contributed by atoms with Gasteiger partial charge in [-0.05, 0) is 24.3 Å². The molecule has 0 bridgehead atoms. The van der Waals surface area contributed by atoms with Crippen LogP contribution in [0.1, 0.15) is 40.0 Å². The first-order valence-electron chi connectivity index (χ1n) is 7.11. The van der Waals surface area contributed by atoms with Crippen molar-refractivity contribution in [2.45, 2.75) is 40.0 Å². The third-order valence-corrected chi connectivity index (χ3v) is 3.66. The largest absolute Gasteiger partial charge is 0.356 e. The lowest BCUT2D eigenvalue weighted by Crippen LogP contribution is -2.36. The van der Waals surface area contributed by atoms with Crippen LogP contribution in [0.25, 0.3) is 0 Å². The Balaban J connectivity index is 0.00000361. The lowest BCUT2D eigenvalue weighted by atomic mass is 9.90. The lowest BCUT2D eigenvalue weighted by Gasteiger charge is -2.22. The van der Waals surface area contributed by atoms with Gasteiger partial charge in [-0.2, -0.15) is 0 Å². The van der Waals surface area contributed by atoms with E-state index in [1.807, 2.05) is 18.7 Å². The van der Waals surface area contributed by atoms with E-state index in [2.05, 4.69) is 12.2 Å². The van der Waals surface area contributed by atoms with Crippen LogP contribution in [0.5, 0.6) is 0 Å². The number of nitrogens with zero attached hydrogens (tertiary/aromatic N) is 1. The number of rotatable bonds is 6. The van der Waals surface area contributed by atoms with Gasteiger partial charge in [0.15, 0.2) is 0 Å². The van der Waals surface area contributed by atoms with Crippen molar-refractivity contribution in [3.63, 3.8) is 0 Å². The number of amides is 2. The molecule has 1 fully saturated rings. The normalized spacial score (nSPS) is 21.8. The van der Waals surface area contributed by atoms with Crippen LogP contribution in [-0.4, -0.2) is 42.9 Å². The summed E-state index contributed by atoms with van der Waals surface area (Å²) in [5.41, 5.74) is 5.79. The van der Waals surface area contributed by atoms with Crippen molar-refractivity contribution in [1.29, 1.82) is 0 Å². The number of likely N-dealkylation sites (tertiary alicyclic amines) is 1. The zero-order valence-electron chi connectivity index (χ0n) is 12.8. The summed E-state index contributed by atoms with van der Waals surface area (Å²) in [6, 6.07) is 0. The van der Waals surface area contributed by atoms with Crippen LogP contribution in [0.3, 0.4) is 0 Å². The summed E-state index contributed by atoms with van der Waals surface area (Å²) in [7, 11) is 0. The Hall–Kier alpha value is -0.810. The first-order chi connectivity index (χ1) is 8.86. The second-order valence-electron chi connectivity index (χ2n) is 6.28. The summed E-state index contributed by atoms with van der Waals surface area (Å²) >= 11 is 0. The van der Waals surface area contributed by atoms with E-state index in [1.54, 1.807) is 0 Å². The van der Waals surface area contributed by atoms with Crippen LogP contribution in [0.15, 0.2) is 0 Å². The maximum absolute atomic E-state index is 12.0. The Kier molecular flexibility index (Phi) is 8.13. The maximum atomic E-state index is 12.0.